The number of hydrogen-bond donors (Lipinski definition) is 0. The normalized spacial score (nSPS) is 14.3. The molecular weight excluding hydrogens is 474 g/mol. The minimum absolute atomic E-state index is 0.0312. The number of allylic oxidation sites excluding steroid dienone is 2. The van der Waals surface area contributed by atoms with Gasteiger partial charge in [0.15, 0.2) is 0 Å². The summed E-state index contributed by atoms with van der Waals surface area (Å²) in [5.41, 5.74) is 0. The van der Waals surface area contributed by atoms with Gasteiger partial charge in [0.05, 0.1) is 32.2 Å². The lowest BCUT2D eigenvalue weighted by atomic mass is 10.2. The van der Waals surface area contributed by atoms with Crippen molar-refractivity contribution in [2.24, 2.45) is 0 Å². The highest BCUT2D eigenvalue weighted by Crippen LogP contribution is 2.16. The second-order valence-corrected chi connectivity index (χ2v) is 7.03. The van der Waals surface area contributed by atoms with Crippen LogP contribution in [0.5, 0.6) is 18.0 Å². The van der Waals surface area contributed by atoms with E-state index in [2.05, 4.69) is 21.9 Å². The summed E-state index contributed by atoms with van der Waals surface area (Å²) in [6.45, 7) is 3.72. The average molecular weight is 505 g/mol. The SMILES string of the molecule is [CH2]CCC[O].[O]CCCCC=CC(=O)Oc1nc2nc(n1)OC(=O)C=COCCCCC=CC(=O)O2. The van der Waals surface area contributed by atoms with Crippen molar-refractivity contribution in [2.75, 3.05) is 19.8 Å². The van der Waals surface area contributed by atoms with Gasteiger partial charge in [0.1, 0.15) is 0 Å². The van der Waals surface area contributed by atoms with Gasteiger partial charge >= 0.3 is 35.9 Å². The molecule has 0 saturated heterocycles. The Hall–Kier alpha value is -3.64. The summed E-state index contributed by atoms with van der Waals surface area (Å²) in [6, 6.07) is -1.58. The van der Waals surface area contributed by atoms with Crippen LogP contribution >= 0.6 is 0 Å². The van der Waals surface area contributed by atoms with Crippen LogP contribution in [-0.4, -0.2) is 52.7 Å². The van der Waals surface area contributed by atoms with Gasteiger partial charge in [0.25, 0.3) is 0 Å². The average Bonchev–Trinajstić information content (AvgIpc) is 2.83. The number of ether oxygens (including phenoxy) is 4. The molecule has 1 aliphatic rings. The van der Waals surface area contributed by atoms with Crippen molar-refractivity contribution >= 4 is 17.9 Å². The van der Waals surface area contributed by atoms with E-state index in [1.54, 1.807) is 12.2 Å². The molecule has 36 heavy (non-hydrogen) atoms. The van der Waals surface area contributed by atoms with Crippen molar-refractivity contribution < 1.29 is 43.5 Å². The third-order valence-electron chi connectivity index (χ3n) is 4.00. The van der Waals surface area contributed by atoms with E-state index in [1.807, 2.05) is 0 Å². The summed E-state index contributed by atoms with van der Waals surface area (Å²) in [7, 11) is 0. The first-order valence-electron chi connectivity index (χ1n) is 11.5. The van der Waals surface area contributed by atoms with Gasteiger partial charge in [-0.05, 0) is 44.9 Å². The Kier molecular flexibility index (Phi) is 16.6. The van der Waals surface area contributed by atoms with Gasteiger partial charge in [-0.1, -0.05) is 25.5 Å². The number of esters is 3. The predicted molar refractivity (Wildman–Crippen MR) is 124 cm³/mol. The Balaban J connectivity index is 0.00000118. The van der Waals surface area contributed by atoms with Gasteiger partial charge < -0.3 is 18.9 Å². The molecule has 2 bridgehead atoms. The zero-order valence-corrected chi connectivity index (χ0v) is 20.0. The molecule has 12 heteroatoms. The molecule has 1 aromatic rings. The van der Waals surface area contributed by atoms with Crippen LogP contribution in [0.15, 0.2) is 36.6 Å². The van der Waals surface area contributed by atoms with Crippen LogP contribution in [0.3, 0.4) is 0 Å². The van der Waals surface area contributed by atoms with Crippen molar-refractivity contribution in [3.8, 4) is 18.0 Å². The molecule has 195 valence electrons. The van der Waals surface area contributed by atoms with E-state index in [9.17, 15) is 24.6 Å². The van der Waals surface area contributed by atoms with Gasteiger partial charge in [-0.25, -0.2) is 24.6 Å². The van der Waals surface area contributed by atoms with Crippen LogP contribution < -0.4 is 14.2 Å². The first-order valence-corrected chi connectivity index (χ1v) is 11.5. The molecule has 0 N–H and O–H groups in total. The highest BCUT2D eigenvalue weighted by Gasteiger charge is 2.16. The maximum Gasteiger partial charge on any atom is 0.341 e. The third-order valence-corrected chi connectivity index (χ3v) is 4.00. The predicted octanol–water partition coefficient (Wildman–Crippen LogP) is 3.05. The van der Waals surface area contributed by atoms with E-state index in [4.69, 9.17) is 18.9 Å². The number of carbonyl (C=O) groups is 3. The Morgan fingerprint density at radius 1 is 0.972 bits per heavy atom. The molecule has 0 unspecified atom stereocenters. The number of carbonyl (C=O) groups excluding carboxylic acids is 3. The number of aromatic nitrogens is 3. The number of unbranched alkanes of at least 4 members (excludes halogenated alkanes) is 3. The second kappa shape index (κ2) is 19.6. The van der Waals surface area contributed by atoms with Crippen molar-refractivity contribution in [1.29, 1.82) is 0 Å². The largest absolute Gasteiger partial charge is 0.501 e. The lowest BCUT2D eigenvalue weighted by Crippen LogP contribution is -2.14. The summed E-state index contributed by atoms with van der Waals surface area (Å²) in [5, 5.41) is 19.9. The summed E-state index contributed by atoms with van der Waals surface area (Å²) >= 11 is 0. The summed E-state index contributed by atoms with van der Waals surface area (Å²) in [5.74, 6) is -2.42. The molecular formula is C24H30N3O9. The minimum Gasteiger partial charge on any atom is -0.501 e. The maximum absolute atomic E-state index is 11.9. The molecule has 0 fully saturated rings. The first kappa shape index (κ1) is 30.4. The molecule has 12 nitrogen and oxygen atoms in total. The molecule has 0 aromatic carbocycles. The lowest BCUT2D eigenvalue weighted by molar-refractivity contribution is -0.129. The fourth-order valence-corrected chi connectivity index (χ4v) is 2.27. The van der Waals surface area contributed by atoms with Gasteiger partial charge in [-0.2, -0.15) is 0 Å². The van der Waals surface area contributed by atoms with Crippen LogP contribution in [0.4, 0.5) is 0 Å². The monoisotopic (exact) mass is 504 g/mol. The molecule has 1 aliphatic heterocycles. The molecule has 0 saturated carbocycles. The fraction of sp³-hybridized carbons (Fsp3) is 0.458. The third kappa shape index (κ3) is 15.3. The second-order valence-electron chi connectivity index (χ2n) is 7.03. The summed E-state index contributed by atoms with van der Waals surface area (Å²) < 4.78 is 20.0. The summed E-state index contributed by atoms with van der Waals surface area (Å²) in [6.07, 6.45) is 13.0. The number of fused-ring (bicyclic) bond motifs is 2. The Morgan fingerprint density at radius 3 is 2.31 bits per heavy atom. The van der Waals surface area contributed by atoms with E-state index in [0.717, 1.165) is 37.8 Å². The molecule has 0 atom stereocenters. The van der Waals surface area contributed by atoms with Gasteiger partial charge in [0.2, 0.25) is 0 Å². The first-order chi connectivity index (χ1) is 17.5. The topological polar surface area (TPSA) is 167 Å². The highest BCUT2D eigenvalue weighted by atomic mass is 16.6. The van der Waals surface area contributed by atoms with Gasteiger partial charge in [-0.3, -0.25) is 0 Å². The van der Waals surface area contributed by atoms with E-state index in [-0.39, 0.29) is 13.2 Å². The molecule has 2 rings (SSSR count). The van der Waals surface area contributed by atoms with Gasteiger partial charge in [-0.15, -0.1) is 15.0 Å². The molecule has 0 spiro atoms. The molecule has 3 radical (unpaired) electrons. The van der Waals surface area contributed by atoms with Crippen LogP contribution in [-0.2, 0) is 29.3 Å². The van der Waals surface area contributed by atoms with Crippen molar-refractivity contribution in [3.05, 3.63) is 43.6 Å². The standard InChI is InChI=1S/C20H22N3O8.C4H8O/c24-12-7-3-1-5-9-15(25)29-18-21-19-23-20(22-18)31-17(27)11-14-28-13-8-4-2-6-10-16(26)30-19;1-2-3-4-5/h5-6,9-11,14H,1-4,7-8,12-13H2;1-4H2. The Morgan fingerprint density at radius 2 is 1.67 bits per heavy atom. The van der Waals surface area contributed by atoms with E-state index < -0.39 is 35.9 Å². The molecule has 1 aromatic heterocycles. The van der Waals surface area contributed by atoms with Crippen molar-refractivity contribution in [3.63, 3.8) is 0 Å². The maximum atomic E-state index is 11.9. The van der Waals surface area contributed by atoms with Gasteiger partial charge in [0, 0.05) is 12.2 Å². The van der Waals surface area contributed by atoms with Crippen LogP contribution in [0.1, 0.15) is 51.4 Å². The van der Waals surface area contributed by atoms with Crippen LogP contribution in [0, 0.1) is 6.92 Å². The Bertz CT molecular complexity index is 851. The van der Waals surface area contributed by atoms with Crippen LogP contribution in [0.2, 0.25) is 0 Å². The zero-order valence-electron chi connectivity index (χ0n) is 20.0. The van der Waals surface area contributed by atoms with E-state index in [0.29, 0.717) is 32.3 Å². The number of nitrogens with zero attached hydrogens (tertiary/aromatic N) is 3. The Labute approximate surface area is 209 Å². The molecule has 2 heterocycles. The van der Waals surface area contributed by atoms with Crippen molar-refractivity contribution in [2.45, 2.75) is 51.4 Å². The smallest absolute Gasteiger partial charge is 0.341 e. The number of rotatable bonds is 8. The zero-order chi connectivity index (χ0) is 26.4. The quantitative estimate of drug-likeness (QED) is 0.291. The van der Waals surface area contributed by atoms with E-state index in [1.165, 1.54) is 12.3 Å². The molecule has 0 amide bonds. The molecule has 0 aliphatic carbocycles. The lowest BCUT2D eigenvalue weighted by Gasteiger charge is -2.06. The van der Waals surface area contributed by atoms with Crippen LogP contribution in [0.25, 0.3) is 0 Å². The van der Waals surface area contributed by atoms with Crippen molar-refractivity contribution in [1.82, 2.24) is 15.0 Å². The van der Waals surface area contributed by atoms with E-state index >= 15 is 0 Å². The minimum atomic E-state index is -0.856. The number of hydrogen-bond acceptors (Lipinski definition) is 10. The highest BCUT2D eigenvalue weighted by molar-refractivity contribution is 5.84. The fourth-order valence-electron chi connectivity index (χ4n) is 2.27. The summed E-state index contributed by atoms with van der Waals surface area (Å²) in [4.78, 5) is 46.8.